The van der Waals surface area contributed by atoms with Crippen LogP contribution in [0.25, 0.3) is 0 Å². The summed E-state index contributed by atoms with van der Waals surface area (Å²) in [5.74, 6) is -0.260. The van der Waals surface area contributed by atoms with Crippen molar-refractivity contribution >= 4 is 24.4 Å². The monoisotopic (exact) mass is 388 g/mol. The molecule has 0 N–H and O–H groups in total. The summed E-state index contributed by atoms with van der Waals surface area (Å²) >= 11 is 6.33. The van der Waals surface area contributed by atoms with Gasteiger partial charge in [-0.3, -0.25) is 0 Å². The van der Waals surface area contributed by atoms with Gasteiger partial charge in [0.25, 0.3) is 0 Å². The zero-order chi connectivity index (χ0) is 19.0. The fraction of sp³-hybridized carbons (Fsp3) is 0.857. The molecule has 0 aromatic carbocycles. The molecule has 0 saturated heterocycles. The molecule has 0 aliphatic heterocycles. The van der Waals surface area contributed by atoms with Crippen LogP contribution >= 0.6 is 11.1 Å². The van der Waals surface area contributed by atoms with Crippen LogP contribution in [0.15, 0.2) is 12.2 Å². The average molecular weight is 389 g/mol. The van der Waals surface area contributed by atoms with Crippen LogP contribution in [0, 0.1) is 0 Å². The first kappa shape index (κ1) is 24.7. The molecule has 0 spiro atoms. The number of rotatable bonds is 17. The van der Waals surface area contributed by atoms with Crippen molar-refractivity contribution in [2.75, 3.05) is 6.61 Å². The first-order valence-electron chi connectivity index (χ1n) is 10.3. The minimum atomic E-state index is -1.33. The maximum Gasteiger partial charge on any atom is 0.333 e. The first-order valence-corrected chi connectivity index (χ1v) is 14.6. The summed E-state index contributed by atoms with van der Waals surface area (Å²) in [7, 11) is -1.33. The van der Waals surface area contributed by atoms with E-state index in [0.29, 0.717) is 12.2 Å². The third-order valence-corrected chi connectivity index (χ3v) is 6.61. The van der Waals surface area contributed by atoms with E-state index in [1.165, 1.54) is 76.7 Å². The van der Waals surface area contributed by atoms with Gasteiger partial charge in [-0.15, -0.1) is 0 Å². The summed E-state index contributed by atoms with van der Waals surface area (Å²) in [5, 5.41) is 0. The molecule has 0 aromatic rings. The van der Waals surface area contributed by atoms with Crippen molar-refractivity contribution < 1.29 is 9.53 Å². The predicted molar refractivity (Wildman–Crippen MR) is 114 cm³/mol. The highest BCUT2D eigenvalue weighted by Crippen LogP contribution is 2.19. The lowest BCUT2D eigenvalue weighted by Gasteiger charge is -2.11. The zero-order valence-corrected chi connectivity index (χ0v) is 18.8. The minimum Gasteiger partial charge on any atom is -0.462 e. The summed E-state index contributed by atoms with van der Waals surface area (Å²) in [6.07, 6.45) is 17.1. The van der Waals surface area contributed by atoms with Gasteiger partial charge in [0.05, 0.1) is 6.61 Å². The normalized spacial score (nSPS) is 11.5. The number of esters is 1. The van der Waals surface area contributed by atoms with E-state index in [-0.39, 0.29) is 5.97 Å². The number of carbonyl (C=O) groups is 1. The molecule has 0 heterocycles. The maximum atomic E-state index is 11.2. The van der Waals surface area contributed by atoms with Gasteiger partial charge in [0.1, 0.15) is 7.38 Å². The van der Waals surface area contributed by atoms with Crippen molar-refractivity contribution in [1.29, 1.82) is 0 Å². The summed E-state index contributed by atoms with van der Waals surface area (Å²) in [5.41, 5.74) is 0.487. The number of unbranched alkanes of at least 4 members (excludes halogenated alkanes) is 12. The Labute approximate surface area is 162 Å². The maximum absolute atomic E-state index is 11.2. The second kappa shape index (κ2) is 15.9. The van der Waals surface area contributed by atoms with Crippen molar-refractivity contribution in [3.63, 3.8) is 0 Å². The molecule has 2 nitrogen and oxygen atoms in total. The van der Waals surface area contributed by atoms with Gasteiger partial charge in [0.2, 0.25) is 0 Å². The lowest BCUT2D eigenvalue weighted by atomic mass is 10.0. The Morgan fingerprint density at radius 1 is 0.800 bits per heavy atom. The minimum absolute atomic E-state index is 0.260. The smallest absolute Gasteiger partial charge is 0.333 e. The number of halogens is 1. The van der Waals surface area contributed by atoms with Gasteiger partial charge >= 0.3 is 5.97 Å². The fourth-order valence-electron chi connectivity index (χ4n) is 2.88. The molecule has 0 aromatic heterocycles. The van der Waals surface area contributed by atoms with Crippen LogP contribution in [-0.4, -0.2) is 20.0 Å². The van der Waals surface area contributed by atoms with E-state index in [9.17, 15) is 4.79 Å². The van der Waals surface area contributed by atoms with Gasteiger partial charge in [-0.25, -0.2) is 4.79 Å². The van der Waals surface area contributed by atoms with E-state index < -0.39 is 7.38 Å². The standard InChI is InChI=1S/C21H41ClO2Si/c1-20(2)21(23)24-18-16-14-12-10-8-6-5-7-9-11-13-15-17-19-25(3,4)22/h1,5-19H2,2-4H3. The molecule has 4 heteroatoms. The Bertz CT molecular complexity index is 350. The van der Waals surface area contributed by atoms with Crippen molar-refractivity contribution in [2.24, 2.45) is 0 Å². The Balaban J connectivity index is 3.12. The first-order chi connectivity index (χ1) is 11.8. The molecule has 25 heavy (non-hydrogen) atoms. The van der Waals surface area contributed by atoms with Crippen LogP contribution in [-0.2, 0) is 9.53 Å². The van der Waals surface area contributed by atoms with E-state index in [0.717, 1.165) is 12.8 Å². The quantitative estimate of drug-likeness (QED) is 0.0841. The topological polar surface area (TPSA) is 26.3 Å². The summed E-state index contributed by atoms with van der Waals surface area (Å²) in [6, 6.07) is 1.27. The van der Waals surface area contributed by atoms with E-state index in [2.05, 4.69) is 19.7 Å². The van der Waals surface area contributed by atoms with E-state index in [1.807, 2.05) is 0 Å². The van der Waals surface area contributed by atoms with Gasteiger partial charge in [-0.1, -0.05) is 96.7 Å². The van der Waals surface area contributed by atoms with E-state index in [1.54, 1.807) is 6.92 Å². The van der Waals surface area contributed by atoms with E-state index in [4.69, 9.17) is 15.8 Å². The summed E-state index contributed by atoms with van der Waals surface area (Å²) in [6.45, 7) is 10.3. The number of hydrogen-bond donors (Lipinski definition) is 0. The molecule has 0 rings (SSSR count). The van der Waals surface area contributed by atoms with Crippen molar-refractivity contribution in [1.82, 2.24) is 0 Å². The van der Waals surface area contributed by atoms with E-state index >= 15 is 0 Å². The highest BCUT2D eigenvalue weighted by Gasteiger charge is 2.15. The fourth-order valence-corrected chi connectivity index (χ4v) is 4.37. The average Bonchev–Trinajstić information content (AvgIpc) is 2.53. The summed E-state index contributed by atoms with van der Waals surface area (Å²) < 4.78 is 5.08. The largest absolute Gasteiger partial charge is 0.462 e. The molecule has 0 bridgehead atoms. The van der Waals surface area contributed by atoms with Gasteiger partial charge in [-0.05, 0) is 19.4 Å². The Kier molecular flexibility index (Phi) is 15.8. The lowest BCUT2D eigenvalue weighted by molar-refractivity contribution is -0.139. The van der Waals surface area contributed by atoms with Crippen LogP contribution in [0.2, 0.25) is 19.1 Å². The second-order valence-corrected chi connectivity index (χ2v) is 15.0. The van der Waals surface area contributed by atoms with Crippen LogP contribution in [0.3, 0.4) is 0 Å². The number of carbonyl (C=O) groups excluding carboxylic acids is 1. The molecule has 0 amide bonds. The molecule has 0 saturated carbocycles. The third kappa shape index (κ3) is 19.9. The molecule has 0 atom stereocenters. The molecule has 0 aliphatic rings. The number of hydrogen-bond acceptors (Lipinski definition) is 2. The molecular weight excluding hydrogens is 348 g/mol. The third-order valence-electron chi connectivity index (χ3n) is 4.50. The zero-order valence-electron chi connectivity index (χ0n) is 17.0. The van der Waals surface area contributed by atoms with Crippen molar-refractivity contribution in [3.05, 3.63) is 12.2 Å². The SMILES string of the molecule is C=C(C)C(=O)OCCCCCCCCCCCCCCC[Si](C)(C)Cl. The van der Waals surface area contributed by atoms with Gasteiger partial charge in [-0.2, -0.15) is 11.1 Å². The summed E-state index contributed by atoms with van der Waals surface area (Å²) in [4.78, 5) is 11.2. The predicted octanol–water partition coefficient (Wildman–Crippen LogP) is 7.62. The van der Waals surface area contributed by atoms with Crippen LogP contribution in [0.4, 0.5) is 0 Å². The molecule has 0 unspecified atom stereocenters. The van der Waals surface area contributed by atoms with Gasteiger partial charge in [0, 0.05) is 5.57 Å². The molecule has 148 valence electrons. The Morgan fingerprint density at radius 2 is 1.16 bits per heavy atom. The molecule has 0 radical (unpaired) electrons. The lowest BCUT2D eigenvalue weighted by Crippen LogP contribution is -2.14. The molecule has 0 aliphatic carbocycles. The van der Waals surface area contributed by atoms with Crippen LogP contribution < -0.4 is 0 Å². The van der Waals surface area contributed by atoms with Gasteiger partial charge < -0.3 is 4.74 Å². The Hall–Kier alpha value is -0.283. The van der Waals surface area contributed by atoms with Crippen molar-refractivity contribution in [2.45, 2.75) is 110 Å². The highest BCUT2D eigenvalue weighted by atomic mass is 35.6. The highest BCUT2D eigenvalue weighted by molar-refractivity contribution is 7.19. The Morgan fingerprint density at radius 3 is 1.52 bits per heavy atom. The van der Waals surface area contributed by atoms with Crippen molar-refractivity contribution in [3.8, 4) is 0 Å². The van der Waals surface area contributed by atoms with Crippen LogP contribution in [0.5, 0.6) is 0 Å². The second-order valence-electron chi connectivity index (χ2n) is 7.98. The molecule has 0 fully saturated rings. The number of ether oxygens (including phenoxy) is 1. The van der Waals surface area contributed by atoms with Crippen LogP contribution in [0.1, 0.15) is 90.4 Å². The van der Waals surface area contributed by atoms with Gasteiger partial charge in [0.15, 0.2) is 0 Å². The molecular formula is C21H41ClO2Si.